The van der Waals surface area contributed by atoms with Gasteiger partial charge in [0.1, 0.15) is 23.0 Å². The molecule has 4 rings (SSSR count). The third-order valence-electron chi connectivity index (χ3n) is 6.18. The molecule has 0 saturated carbocycles. The van der Waals surface area contributed by atoms with Crippen molar-refractivity contribution in [1.29, 1.82) is 0 Å². The highest BCUT2D eigenvalue weighted by Crippen LogP contribution is 2.43. The van der Waals surface area contributed by atoms with E-state index in [-0.39, 0.29) is 34.2 Å². The third-order valence-corrected chi connectivity index (χ3v) is 6.48. The van der Waals surface area contributed by atoms with Gasteiger partial charge in [0, 0.05) is 12.6 Å². The molecule has 1 saturated heterocycles. The highest BCUT2D eigenvalue weighted by atomic mass is 35.5. The number of aliphatic hydroxyl groups is 1. The lowest BCUT2D eigenvalue weighted by molar-refractivity contribution is -0.139. The normalized spacial score (nSPS) is 16.8. The van der Waals surface area contributed by atoms with Crippen LogP contribution in [-0.4, -0.2) is 49.6 Å². The van der Waals surface area contributed by atoms with Gasteiger partial charge in [-0.25, -0.2) is 0 Å². The molecule has 1 N–H and O–H groups in total. The molecule has 1 aliphatic heterocycles. The average molecular weight is 508 g/mol. The number of carbonyl (C=O) groups excluding carboxylic acids is 2. The molecule has 1 fully saturated rings. The molecule has 3 aromatic rings. The monoisotopic (exact) mass is 507 g/mol. The van der Waals surface area contributed by atoms with Crippen molar-refractivity contribution < 1.29 is 28.9 Å². The van der Waals surface area contributed by atoms with Crippen LogP contribution in [0.2, 0.25) is 5.02 Å². The Kier molecular flexibility index (Phi) is 7.50. The van der Waals surface area contributed by atoms with Crippen LogP contribution in [0.4, 0.5) is 0 Å². The fourth-order valence-electron chi connectivity index (χ4n) is 4.32. The molecule has 36 heavy (non-hydrogen) atoms. The number of ketones is 1. The second kappa shape index (κ2) is 10.7. The molecule has 0 bridgehead atoms. The van der Waals surface area contributed by atoms with E-state index in [1.807, 2.05) is 54.6 Å². The summed E-state index contributed by atoms with van der Waals surface area (Å²) in [4.78, 5) is 28.0. The highest BCUT2D eigenvalue weighted by molar-refractivity contribution is 6.46. The van der Waals surface area contributed by atoms with Gasteiger partial charge in [-0.15, -0.1) is 0 Å². The molecular formula is C28H26ClNO6. The van der Waals surface area contributed by atoms with Crippen molar-refractivity contribution in [1.82, 2.24) is 4.90 Å². The molecule has 1 unspecified atom stereocenters. The van der Waals surface area contributed by atoms with Gasteiger partial charge in [0.15, 0.2) is 0 Å². The van der Waals surface area contributed by atoms with Crippen molar-refractivity contribution in [3.05, 3.63) is 94.0 Å². The predicted octanol–water partition coefficient (Wildman–Crippen LogP) is 5.03. The second-order valence-electron chi connectivity index (χ2n) is 8.19. The minimum atomic E-state index is -0.782. The summed E-state index contributed by atoms with van der Waals surface area (Å²) in [5.74, 6) is -0.541. The topological polar surface area (TPSA) is 85.3 Å². The van der Waals surface area contributed by atoms with Crippen LogP contribution < -0.4 is 14.2 Å². The number of amides is 1. The van der Waals surface area contributed by atoms with Crippen molar-refractivity contribution in [2.75, 3.05) is 27.9 Å². The molecule has 7 nitrogen and oxygen atoms in total. The largest absolute Gasteiger partial charge is 0.507 e. The fraction of sp³-hybridized carbons (Fsp3) is 0.214. The molecule has 186 valence electrons. The summed E-state index contributed by atoms with van der Waals surface area (Å²) in [6.07, 6.45) is 0.512. The maximum absolute atomic E-state index is 13.3. The fourth-order valence-corrected chi connectivity index (χ4v) is 4.56. The smallest absolute Gasteiger partial charge is 0.295 e. The third kappa shape index (κ3) is 4.75. The number of hydrogen-bond donors (Lipinski definition) is 1. The summed E-state index contributed by atoms with van der Waals surface area (Å²) in [6.45, 7) is 0.272. The number of halogens is 1. The van der Waals surface area contributed by atoms with E-state index in [2.05, 4.69) is 0 Å². The van der Waals surface area contributed by atoms with Gasteiger partial charge in [-0.2, -0.15) is 0 Å². The predicted molar refractivity (Wildman–Crippen MR) is 137 cm³/mol. The van der Waals surface area contributed by atoms with E-state index in [9.17, 15) is 14.7 Å². The molecule has 1 amide bonds. The molecule has 0 radical (unpaired) electrons. The van der Waals surface area contributed by atoms with Crippen molar-refractivity contribution in [2.45, 2.75) is 12.5 Å². The number of hydrogen-bond acceptors (Lipinski definition) is 6. The van der Waals surface area contributed by atoms with Gasteiger partial charge in [0.05, 0.1) is 43.5 Å². The van der Waals surface area contributed by atoms with Gasteiger partial charge < -0.3 is 24.2 Å². The van der Waals surface area contributed by atoms with Gasteiger partial charge >= 0.3 is 0 Å². The lowest BCUT2D eigenvalue weighted by Gasteiger charge is -2.25. The van der Waals surface area contributed by atoms with Gasteiger partial charge in [0.2, 0.25) is 0 Å². The number of carbonyl (C=O) groups is 2. The van der Waals surface area contributed by atoms with E-state index in [1.165, 1.54) is 31.3 Å². The Balaban J connectivity index is 1.80. The van der Waals surface area contributed by atoms with Gasteiger partial charge in [-0.3, -0.25) is 9.59 Å². The Labute approximate surface area is 214 Å². The van der Waals surface area contributed by atoms with Crippen LogP contribution in [0, 0.1) is 0 Å². The van der Waals surface area contributed by atoms with E-state index in [0.717, 1.165) is 11.3 Å². The average Bonchev–Trinajstić information content (AvgIpc) is 3.17. The zero-order valence-corrected chi connectivity index (χ0v) is 20.9. The van der Waals surface area contributed by atoms with Crippen LogP contribution >= 0.6 is 11.6 Å². The maximum Gasteiger partial charge on any atom is 0.295 e. The number of ether oxygens (including phenoxy) is 3. The summed E-state index contributed by atoms with van der Waals surface area (Å²) in [6, 6.07) is 18.9. The number of nitrogens with zero attached hydrogens (tertiary/aromatic N) is 1. The second-order valence-corrected chi connectivity index (χ2v) is 8.60. The number of rotatable bonds is 8. The quantitative estimate of drug-likeness (QED) is 0.261. The molecule has 1 heterocycles. The van der Waals surface area contributed by atoms with E-state index in [0.29, 0.717) is 17.7 Å². The minimum absolute atomic E-state index is 0.0244. The highest BCUT2D eigenvalue weighted by Gasteiger charge is 2.46. The number of likely N-dealkylation sites (tertiary alicyclic amines) is 1. The van der Waals surface area contributed by atoms with Crippen LogP contribution in [0.3, 0.4) is 0 Å². The lowest BCUT2D eigenvalue weighted by Crippen LogP contribution is -2.31. The Morgan fingerprint density at radius 1 is 0.917 bits per heavy atom. The van der Waals surface area contributed by atoms with Crippen molar-refractivity contribution in [3.8, 4) is 17.2 Å². The first-order valence-electron chi connectivity index (χ1n) is 11.3. The minimum Gasteiger partial charge on any atom is -0.507 e. The summed E-state index contributed by atoms with van der Waals surface area (Å²) >= 11 is 6.22. The summed E-state index contributed by atoms with van der Waals surface area (Å²) in [7, 11) is 4.47. The van der Waals surface area contributed by atoms with Crippen LogP contribution in [0.25, 0.3) is 5.76 Å². The molecule has 8 heteroatoms. The van der Waals surface area contributed by atoms with Crippen LogP contribution in [0.5, 0.6) is 17.2 Å². The summed E-state index contributed by atoms with van der Waals surface area (Å²) < 4.78 is 15.9. The Bertz CT molecular complexity index is 1300. The van der Waals surface area contributed by atoms with Crippen molar-refractivity contribution in [2.24, 2.45) is 0 Å². The molecule has 0 spiro atoms. The van der Waals surface area contributed by atoms with Gasteiger partial charge in [-0.1, -0.05) is 54.1 Å². The molecule has 3 aromatic carbocycles. The van der Waals surface area contributed by atoms with Crippen molar-refractivity contribution in [3.63, 3.8) is 0 Å². The maximum atomic E-state index is 13.3. The Morgan fingerprint density at radius 2 is 1.58 bits per heavy atom. The molecule has 1 atom stereocenters. The van der Waals surface area contributed by atoms with Crippen LogP contribution in [0.1, 0.15) is 22.7 Å². The standard InChI is InChI=1S/C28H26ClNO6/c1-34-19-11-9-17(10-12-19)13-14-30-25(18-7-5-4-6-8-18)24(27(32)28(30)33)26(31)20-15-23(36-3)21(29)16-22(20)35-2/h4-12,15-16,25,31H,13-14H2,1-3H3/b26-24+. The zero-order chi connectivity index (χ0) is 25.8. The van der Waals surface area contributed by atoms with Crippen molar-refractivity contribution >= 4 is 29.1 Å². The summed E-state index contributed by atoms with van der Waals surface area (Å²) in [5, 5.41) is 11.7. The first kappa shape index (κ1) is 25.1. The van der Waals surface area contributed by atoms with Gasteiger partial charge in [0.25, 0.3) is 11.7 Å². The van der Waals surface area contributed by atoms with E-state index < -0.39 is 17.7 Å². The van der Waals surface area contributed by atoms with Gasteiger partial charge in [-0.05, 0) is 35.7 Å². The number of methoxy groups -OCH3 is 3. The first-order valence-corrected chi connectivity index (χ1v) is 11.7. The lowest BCUT2D eigenvalue weighted by atomic mass is 9.95. The van der Waals surface area contributed by atoms with E-state index >= 15 is 0 Å². The Hall–Kier alpha value is -3.97. The molecule has 0 aromatic heterocycles. The number of aliphatic hydroxyl groups excluding tert-OH is 1. The zero-order valence-electron chi connectivity index (χ0n) is 20.2. The molecular weight excluding hydrogens is 482 g/mol. The first-order chi connectivity index (χ1) is 17.4. The van der Waals surface area contributed by atoms with E-state index in [4.69, 9.17) is 25.8 Å². The van der Waals surface area contributed by atoms with E-state index in [1.54, 1.807) is 7.11 Å². The van der Waals surface area contributed by atoms with Crippen LogP contribution in [0.15, 0.2) is 72.3 Å². The molecule has 1 aliphatic rings. The Morgan fingerprint density at radius 3 is 2.19 bits per heavy atom. The summed E-state index contributed by atoms with van der Waals surface area (Å²) in [5.41, 5.74) is 1.86. The number of benzene rings is 3. The van der Waals surface area contributed by atoms with Crippen LogP contribution in [-0.2, 0) is 16.0 Å². The SMILES string of the molecule is COc1ccc(CCN2C(=O)C(=O)/C(=C(/O)c3cc(OC)c(Cl)cc3OC)C2c2ccccc2)cc1. The number of Topliss-reactive ketones (excluding diaryl/α,β-unsaturated/α-hetero) is 1. The molecule has 0 aliphatic carbocycles.